The Morgan fingerprint density at radius 1 is 0.407 bits per heavy atom. The molecule has 3 aliphatic rings. The Labute approximate surface area is 545 Å². The first-order valence-electron chi connectivity index (χ1n) is 34.6. The van der Waals surface area contributed by atoms with Crippen LogP contribution in [0.3, 0.4) is 0 Å². The highest BCUT2D eigenvalue weighted by molar-refractivity contribution is 5.76. The number of carbonyl (C=O) groups excluding carboxylic acids is 1. The van der Waals surface area contributed by atoms with Crippen molar-refractivity contribution in [2.24, 2.45) is 0 Å². The van der Waals surface area contributed by atoms with Crippen LogP contribution < -0.4 is 5.32 Å². The molecule has 3 saturated heterocycles. The minimum Gasteiger partial charge on any atom is -0.394 e. The van der Waals surface area contributed by atoms with Crippen molar-refractivity contribution < 1.29 is 89.4 Å². The van der Waals surface area contributed by atoms with Crippen molar-refractivity contribution in [2.45, 2.75) is 311 Å². The summed E-state index contributed by atoms with van der Waals surface area (Å²) in [5.41, 5.74) is 0. The van der Waals surface area contributed by atoms with Crippen LogP contribution >= 0.6 is 0 Å². The van der Waals surface area contributed by atoms with Gasteiger partial charge >= 0.3 is 0 Å². The van der Waals surface area contributed by atoms with Crippen molar-refractivity contribution >= 4 is 5.91 Å². The third kappa shape index (κ3) is 34.6. The van der Waals surface area contributed by atoms with Gasteiger partial charge < -0.3 is 89.9 Å². The minimum absolute atomic E-state index is 0.227. The predicted molar refractivity (Wildman–Crippen MR) is 355 cm³/mol. The van der Waals surface area contributed by atoms with Crippen LogP contribution in [0, 0.1) is 0 Å². The SMILES string of the molecule is CC/C=C\C/C=C\C/C=C\C/C=C\C/C=C\C/C=C\C/C=C\CCCCCCCCCCCCCCCC(=O)NC(COC1OC(CO)C(OC2OC(CO)C(OC3OC(CO)C(O)C(O)C3O)C(O)C2O)C(O)C1O)C(O)/C=C/CC/C=C/CCCCCCC. The van der Waals surface area contributed by atoms with E-state index in [0.29, 0.717) is 12.8 Å². The number of carbonyl (C=O) groups is 1. The number of amides is 1. The molecular weight excluding hydrogens is 1170 g/mol. The van der Waals surface area contributed by atoms with Crippen LogP contribution in [0.1, 0.15) is 206 Å². The molecule has 0 saturated carbocycles. The fourth-order valence-corrected chi connectivity index (χ4v) is 11.0. The number of nitrogens with one attached hydrogen (secondary N) is 1. The van der Waals surface area contributed by atoms with Gasteiger partial charge in [-0.25, -0.2) is 0 Å². The van der Waals surface area contributed by atoms with E-state index < -0.39 is 124 Å². The molecule has 1 amide bonds. The van der Waals surface area contributed by atoms with Crippen LogP contribution in [0.2, 0.25) is 0 Å². The molecule has 0 aliphatic carbocycles. The first kappa shape index (κ1) is 81.7. The van der Waals surface area contributed by atoms with Gasteiger partial charge in [0, 0.05) is 6.42 Å². The second-order valence-electron chi connectivity index (χ2n) is 24.2. The molecule has 3 fully saturated rings. The van der Waals surface area contributed by atoms with Crippen LogP contribution in [-0.2, 0) is 33.2 Å². The van der Waals surface area contributed by atoms with E-state index in [1.165, 1.54) is 77.0 Å². The largest absolute Gasteiger partial charge is 0.394 e. The lowest BCUT2D eigenvalue weighted by atomic mass is 9.96. The van der Waals surface area contributed by atoms with E-state index in [9.17, 15) is 61.0 Å². The molecule has 17 unspecified atom stereocenters. The Morgan fingerprint density at radius 2 is 0.769 bits per heavy atom. The summed E-state index contributed by atoms with van der Waals surface area (Å²) in [6.07, 6.45) is 43.8. The highest BCUT2D eigenvalue weighted by atomic mass is 16.8. The molecule has 0 aromatic heterocycles. The normalized spacial score (nSPS) is 28.6. The van der Waals surface area contributed by atoms with E-state index >= 15 is 0 Å². The minimum atomic E-state index is -1.98. The molecule has 522 valence electrons. The topological polar surface area (TPSA) is 307 Å². The number of hydrogen-bond acceptors (Lipinski definition) is 18. The van der Waals surface area contributed by atoms with Crippen molar-refractivity contribution in [1.29, 1.82) is 0 Å². The molecule has 0 bridgehead atoms. The highest BCUT2D eigenvalue weighted by Gasteiger charge is 2.53. The number of unbranched alkanes of at least 4 members (excludes halogenated alkanes) is 19. The monoisotopic (exact) mass is 1290 g/mol. The lowest BCUT2D eigenvalue weighted by molar-refractivity contribution is -0.379. The van der Waals surface area contributed by atoms with Crippen LogP contribution in [-0.4, -0.2) is 193 Å². The van der Waals surface area contributed by atoms with Gasteiger partial charge in [-0.1, -0.05) is 220 Å². The summed E-state index contributed by atoms with van der Waals surface area (Å²) >= 11 is 0. The molecule has 91 heavy (non-hydrogen) atoms. The van der Waals surface area contributed by atoms with Gasteiger partial charge in [-0.3, -0.25) is 4.79 Å². The van der Waals surface area contributed by atoms with Gasteiger partial charge in [-0.15, -0.1) is 0 Å². The predicted octanol–water partition coefficient (Wildman–Crippen LogP) is 9.05. The Kier molecular flexibility index (Phi) is 47.3. The molecule has 0 aromatic carbocycles. The van der Waals surface area contributed by atoms with Crippen LogP contribution in [0.25, 0.3) is 0 Å². The Bertz CT molecular complexity index is 2070. The molecule has 0 radical (unpaired) electrons. The summed E-state index contributed by atoms with van der Waals surface area (Å²) in [6.45, 7) is 1.54. The van der Waals surface area contributed by atoms with Gasteiger partial charge in [0.25, 0.3) is 0 Å². The first-order valence-corrected chi connectivity index (χ1v) is 34.6. The van der Waals surface area contributed by atoms with Crippen molar-refractivity contribution in [3.63, 3.8) is 0 Å². The summed E-state index contributed by atoms with van der Waals surface area (Å²) < 4.78 is 34.2. The maximum Gasteiger partial charge on any atom is 0.220 e. The standard InChI is InChI=1S/C72H121NO18/c1-3-5-7-9-11-13-15-16-17-18-19-20-21-22-23-24-25-26-27-28-29-30-31-32-33-34-35-36-37-38-40-42-44-46-48-50-60(78)73-55(56(77)49-47-45-43-41-39-14-12-10-8-6-4-2)54-86-70-66(84)63(81)68(58(52-75)88-70)91-72-67(85)64(82)69(59(53-76)89-72)90-71-65(83)62(80)61(79)57(51-74)87-71/h5,7,11,13,16-17,19-20,22-23,25-26,28-29,39,41,47,49,55-59,61-72,74-77,79-85H,3-4,6,8-10,12,14-15,18,21,24,27,30-38,40,42-46,48,50-54H2,1-2H3,(H,73,78)/b7-5-,13-11-,17-16-,20-19-,23-22-,26-25-,29-28-,41-39+,49-47+. The van der Waals surface area contributed by atoms with Crippen LogP contribution in [0.15, 0.2) is 109 Å². The number of ether oxygens (including phenoxy) is 6. The summed E-state index contributed by atoms with van der Waals surface area (Å²) in [5.74, 6) is -0.293. The van der Waals surface area contributed by atoms with E-state index in [2.05, 4.69) is 116 Å². The maximum absolute atomic E-state index is 13.4. The summed E-state index contributed by atoms with van der Waals surface area (Å²) in [7, 11) is 0. The average Bonchev–Trinajstić information content (AvgIpc) is 1.05. The van der Waals surface area contributed by atoms with E-state index in [1.807, 2.05) is 6.08 Å². The highest BCUT2D eigenvalue weighted by Crippen LogP contribution is 2.33. The van der Waals surface area contributed by atoms with Crippen molar-refractivity contribution in [2.75, 3.05) is 26.4 Å². The van der Waals surface area contributed by atoms with Gasteiger partial charge in [-0.05, 0) is 89.9 Å². The molecule has 12 N–H and O–H groups in total. The molecule has 17 atom stereocenters. The van der Waals surface area contributed by atoms with Crippen LogP contribution in [0.4, 0.5) is 0 Å². The molecule has 3 aliphatic heterocycles. The van der Waals surface area contributed by atoms with E-state index in [1.54, 1.807) is 6.08 Å². The Hall–Kier alpha value is -3.55. The summed E-state index contributed by atoms with van der Waals surface area (Å²) in [5, 5.41) is 120. The molecule has 3 rings (SSSR count). The lowest BCUT2D eigenvalue weighted by Gasteiger charge is -2.48. The molecule has 3 heterocycles. The maximum atomic E-state index is 13.4. The molecule has 0 spiro atoms. The molecular formula is C72H121NO18. The van der Waals surface area contributed by atoms with Crippen molar-refractivity contribution in [3.8, 4) is 0 Å². The van der Waals surface area contributed by atoms with Crippen molar-refractivity contribution in [3.05, 3.63) is 109 Å². The third-order valence-corrected chi connectivity index (χ3v) is 16.6. The smallest absolute Gasteiger partial charge is 0.220 e. The third-order valence-electron chi connectivity index (χ3n) is 16.6. The van der Waals surface area contributed by atoms with E-state index in [4.69, 9.17) is 28.4 Å². The van der Waals surface area contributed by atoms with Crippen molar-refractivity contribution in [1.82, 2.24) is 5.32 Å². The Morgan fingerprint density at radius 3 is 1.23 bits per heavy atom. The zero-order valence-electron chi connectivity index (χ0n) is 55.0. The molecule has 19 heteroatoms. The zero-order chi connectivity index (χ0) is 66.1. The summed E-state index contributed by atoms with van der Waals surface area (Å²) in [4.78, 5) is 13.4. The van der Waals surface area contributed by atoms with E-state index in [0.717, 1.165) is 96.3 Å². The van der Waals surface area contributed by atoms with Gasteiger partial charge in [0.15, 0.2) is 18.9 Å². The van der Waals surface area contributed by atoms with E-state index in [-0.39, 0.29) is 18.9 Å². The number of hydrogen-bond donors (Lipinski definition) is 12. The average molecular weight is 1290 g/mol. The second-order valence-corrected chi connectivity index (χ2v) is 24.2. The van der Waals surface area contributed by atoms with Gasteiger partial charge in [0.05, 0.1) is 38.6 Å². The quantitative estimate of drug-likeness (QED) is 0.0200. The fraction of sp³-hybridized carbons (Fsp3) is 0.736. The number of aliphatic hydroxyl groups excluding tert-OH is 11. The molecule has 19 nitrogen and oxygen atoms in total. The zero-order valence-corrected chi connectivity index (χ0v) is 55.0. The first-order chi connectivity index (χ1) is 44.3. The molecule has 0 aromatic rings. The van der Waals surface area contributed by atoms with Crippen LogP contribution in [0.5, 0.6) is 0 Å². The fourth-order valence-electron chi connectivity index (χ4n) is 11.0. The lowest BCUT2D eigenvalue weighted by Crippen LogP contribution is -2.66. The van der Waals surface area contributed by atoms with Gasteiger partial charge in [-0.2, -0.15) is 0 Å². The summed E-state index contributed by atoms with van der Waals surface area (Å²) in [6, 6.07) is -0.995. The number of rotatable bonds is 51. The number of aliphatic hydroxyl groups is 11. The second kappa shape index (κ2) is 52.7. The van der Waals surface area contributed by atoms with Gasteiger partial charge in [0.1, 0.15) is 73.2 Å². The number of allylic oxidation sites excluding steroid dienone is 17. The van der Waals surface area contributed by atoms with Gasteiger partial charge in [0.2, 0.25) is 5.91 Å². The Balaban J connectivity index is 1.35.